The summed E-state index contributed by atoms with van der Waals surface area (Å²) in [6.45, 7) is 5.15. The van der Waals surface area contributed by atoms with E-state index in [-0.39, 0.29) is 11.6 Å². The Bertz CT molecular complexity index is 493. The smallest absolute Gasteiger partial charge is 0.269 e. The Kier molecular flexibility index (Phi) is 5.27. The molecule has 0 bridgehead atoms. The maximum atomic E-state index is 11.9. The maximum absolute atomic E-state index is 11.9. The number of hydrogen-bond donors (Lipinski definition) is 1. The molecule has 1 aromatic rings. The van der Waals surface area contributed by atoms with Crippen molar-refractivity contribution in [1.82, 2.24) is 4.90 Å². The van der Waals surface area contributed by atoms with E-state index in [9.17, 15) is 14.9 Å². The number of carbonyl (C=O) groups excluding carboxylic acids is 1. The molecule has 1 fully saturated rings. The summed E-state index contributed by atoms with van der Waals surface area (Å²) in [6.07, 6.45) is 2.85. The van der Waals surface area contributed by atoms with E-state index in [1.165, 1.54) is 25.0 Å². The van der Waals surface area contributed by atoms with Gasteiger partial charge in [-0.05, 0) is 44.0 Å². The van der Waals surface area contributed by atoms with Crippen LogP contribution in [0.2, 0.25) is 0 Å². The Morgan fingerprint density at radius 2 is 1.95 bits per heavy atom. The Morgan fingerprint density at radius 1 is 1.33 bits per heavy atom. The lowest BCUT2D eigenvalue weighted by atomic mass is 9.99. The van der Waals surface area contributed by atoms with E-state index in [0.717, 1.165) is 25.6 Å². The van der Waals surface area contributed by atoms with Crippen molar-refractivity contribution in [3.63, 3.8) is 0 Å². The van der Waals surface area contributed by atoms with Gasteiger partial charge in [0, 0.05) is 30.8 Å². The minimum atomic E-state index is -0.455. The van der Waals surface area contributed by atoms with Crippen molar-refractivity contribution in [1.29, 1.82) is 0 Å². The van der Waals surface area contributed by atoms with Crippen molar-refractivity contribution in [2.24, 2.45) is 5.92 Å². The van der Waals surface area contributed by atoms with Gasteiger partial charge in [0.15, 0.2) is 0 Å². The second kappa shape index (κ2) is 7.17. The first-order valence-electron chi connectivity index (χ1n) is 7.31. The van der Waals surface area contributed by atoms with Crippen LogP contribution in [0.1, 0.15) is 26.2 Å². The number of benzene rings is 1. The number of nitrogens with one attached hydrogen (secondary N) is 1. The molecule has 0 unspecified atom stereocenters. The zero-order valence-corrected chi connectivity index (χ0v) is 12.2. The van der Waals surface area contributed by atoms with Crippen LogP contribution < -0.4 is 5.32 Å². The molecule has 6 nitrogen and oxygen atoms in total. The largest absolute Gasteiger partial charge is 0.326 e. The summed E-state index contributed by atoms with van der Waals surface area (Å²) in [6, 6.07) is 5.89. The summed E-state index contributed by atoms with van der Waals surface area (Å²) in [5.74, 6) is 0.734. The number of non-ortho nitro benzene ring substituents is 1. The average Bonchev–Trinajstić information content (AvgIpc) is 2.47. The summed E-state index contributed by atoms with van der Waals surface area (Å²) in [5.41, 5.74) is 0.619. The van der Waals surface area contributed by atoms with Crippen LogP contribution in [-0.4, -0.2) is 35.4 Å². The lowest BCUT2D eigenvalue weighted by molar-refractivity contribution is -0.384. The van der Waals surface area contributed by atoms with Crippen molar-refractivity contribution in [2.75, 3.05) is 25.0 Å². The maximum Gasteiger partial charge on any atom is 0.269 e. The van der Waals surface area contributed by atoms with Crippen LogP contribution >= 0.6 is 0 Å². The van der Waals surface area contributed by atoms with Crippen LogP contribution in [-0.2, 0) is 4.79 Å². The Hall–Kier alpha value is -1.95. The molecule has 1 amide bonds. The SMILES string of the molecule is CC1CCN(CCC(=O)Nc2ccc([N+](=O)[O-])cc2)CC1. The van der Waals surface area contributed by atoms with Gasteiger partial charge in [0.1, 0.15) is 0 Å². The zero-order valence-electron chi connectivity index (χ0n) is 12.2. The van der Waals surface area contributed by atoms with Gasteiger partial charge in [-0.2, -0.15) is 0 Å². The van der Waals surface area contributed by atoms with Crippen LogP contribution in [0.3, 0.4) is 0 Å². The molecule has 1 N–H and O–H groups in total. The third-order valence-electron chi connectivity index (χ3n) is 3.89. The van der Waals surface area contributed by atoms with Gasteiger partial charge in [-0.3, -0.25) is 14.9 Å². The quantitative estimate of drug-likeness (QED) is 0.668. The van der Waals surface area contributed by atoms with Crippen molar-refractivity contribution in [3.8, 4) is 0 Å². The van der Waals surface area contributed by atoms with E-state index in [2.05, 4.69) is 17.1 Å². The topological polar surface area (TPSA) is 75.5 Å². The van der Waals surface area contributed by atoms with Crippen molar-refractivity contribution in [3.05, 3.63) is 34.4 Å². The molecule has 0 spiro atoms. The van der Waals surface area contributed by atoms with E-state index in [1.807, 2.05) is 0 Å². The van der Waals surface area contributed by atoms with Gasteiger partial charge in [0.05, 0.1) is 4.92 Å². The van der Waals surface area contributed by atoms with Gasteiger partial charge in [-0.15, -0.1) is 0 Å². The van der Waals surface area contributed by atoms with Crippen LogP contribution in [0.25, 0.3) is 0 Å². The minimum absolute atomic E-state index is 0.0236. The van der Waals surface area contributed by atoms with Gasteiger partial charge >= 0.3 is 0 Å². The molecule has 1 aromatic carbocycles. The number of amides is 1. The highest BCUT2D eigenvalue weighted by Gasteiger charge is 2.16. The number of nitro groups is 1. The van der Waals surface area contributed by atoms with E-state index >= 15 is 0 Å². The number of nitrogens with zero attached hydrogens (tertiary/aromatic N) is 2. The molecule has 2 rings (SSSR count). The normalized spacial score (nSPS) is 16.6. The van der Waals surface area contributed by atoms with E-state index < -0.39 is 4.92 Å². The molecule has 0 aliphatic carbocycles. The van der Waals surface area contributed by atoms with Gasteiger partial charge in [0.2, 0.25) is 5.91 Å². The summed E-state index contributed by atoms with van der Waals surface area (Å²) < 4.78 is 0. The molecule has 1 aliphatic heterocycles. The molecule has 1 saturated heterocycles. The van der Waals surface area contributed by atoms with Crippen LogP contribution in [0.4, 0.5) is 11.4 Å². The number of hydrogen-bond acceptors (Lipinski definition) is 4. The molecule has 0 saturated carbocycles. The van der Waals surface area contributed by atoms with Crippen molar-refractivity contribution < 1.29 is 9.72 Å². The second-order valence-corrected chi connectivity index (χ2v) is 5.63. The number of anilines is 1. The molecule has 0 radical (unpaired) electrons. The average molecular weight is 291 g/mol. The Balaban J connectivity index is 1.75. The predicted octanol–water partition coefficient (Wildman–Crippen LogP) is 2.66. The molecule has 0 atom stereocenters. The lowest BCUT2D eigenvalue weighted by Crippen LogP contribution is -2.35. The fourth-order valence-electron chi connectivity index (χ4n) is 2.44. The number of likely N-dealkylation sites (tertiary alicyclic amines) is 1. The number of nitro benzene ring substituents is 1. The third kappa shape index (κ3) is 4.82. The lowest BCUT2D eigenvalue weighted by Gasteiger charge is -2.29. The van der Waals surface area contributed by atoms with Crippen LogP contribution in [0.5, 0.6) is 0 Å². The Morgan fingerprint density at radius 3 is 2.52 bits per heavy atom. The van der Waals surface area contributed by atoms with Gasteiger partial charge in [-0.25, -0.2) is 0 Å². The van der Waals surface area contributed by atoms with E-state index in [1.54, 1.807) is 12.1 Å². The van der Waals surface area contributed by atoms with Gasteiger partial charge in [-0.1, -0.05) is 6.92 Å². The highest BCUT2D eigenvalue weighted by molar-refractivity contribution is 5.90. The number of carbonyl (C=O) groups is 1. The number of rotatable bonds is 5. The van der Waals surface area contributed by atoms with E-state index in [0.29, 0.717) is 12.1 Å². The summed E-state index contributed by atoms with van der Waals surface area (Å²) >= 11 is 0. The van der Waals surface area contributed by atoms with Crippen molar-refractivity contribution in [2.45, 2.75) is 26.2 Å². The highest BCUT2D eigenvalue weighted by Crippen LogP contribution is 2.17. The first-order chi connectivity index (χ1) is 10.0. The van der Waals surface area contributed by atoms with E-state index in [4.69, 9.17) is 0 Å². The Labute approximate surface area is 124 Å². The fourth-order valence-corrected chi connectivity index (χ4v) is 2.44. The third-order valence-corrected chi connectivity index (χ3v) is 3.89. The molecule has 1 aliphatic rings. The van der Waals surface area contributed by atoms with Crippen molar-refractivity contribution >= 4 is 17.3 Å². The van der Waals surface area contributed by atoms with Crippen LogP contribution in [0, 0.1) is 16.0 Å². The summed E-state index contributed by atoms with van der Waals surface area (Å²) in [4.78, 5) is 24.3. The molecule has 0 aromatic heterocycles. The minimum Gasteiger partial charge on any atom is -0.326 e. The monoisotopic (exact) mass is 291 g/mol. The highest BCUT2D eigenvalue weighted by atomic mass is 16.6. The van der Waals surface area contributed by atoms with Gasteiger partial charge in [0.25, 0.3) is 5.69 Å². The second-order valence-electron chi connectivity index (χ2n) is 5.63. The number of piperidine rings is 1. The molecular formula is C15H21N3O3. The predicted molar refractivity (Wildman–Crippen MR) is 81.2 cm³/mol. The molecule has 21 heavy (non-hydrogen) atoms. The van der Waals surface area contributed by atoms with Crippen LogP contribution in [0.15, 0.2) is 24.3 Å². The molecule has 1 heterocycles. The molecule has 114 valence electrons. The zero-order chi connectivity index (χ0) is 15.2. The first kappa shape index (κ1) is 15.4. The molecular weight excluding hydrogens is 270 g/mol. The summed E-state index contributed by atoms with van der Waals surface area (Å²) in [5, 5.41) is 13.3. The summed E-state index contributed by atoms with van der Waals surface area (Å²) in [7, 11) is 0. The van der Waals surface area contributed by atoms with Gasteiger partial charge < -0.3 is 10.2 Å². The molecule has 6 heteroatoms. The standard InChI is InChI=1S/C15H21N3O3/c1-12-6-9-17(10-7-12)11-8-15(19)16-13-2-4-14(5-3-13)18(20)21/h2-5,12H,6-11H2,1H3,(H,16,19). The first-order valence-corrected chi connectivity index (χ1v) is 7.31. The fraction of sp³-hybridized carbons (Fsp3) is 0.533.